The number of aromatic nitrogens is 1. The second kappa shape index (κ2) is 7.31. The van der Waals surface area contributed by atoms with Crippen molar-refractivity contribution in [3.05, 3.63) is 83.3 Å². The van der Waals surface area contributed by atoms with Gasteiger partial charge >= 0.3 is 6.03 Å². The average molecular weight is 387 g/mol. The minimum atomic E-state index is -0.448. The lowest BCUT2D eigenvalue weighted by Gasteiger charge is -2.11. The Morgan fingerprint density at radius 2 is 1.62 bits per heavy atom. The first-order chi connectivity index (χ1) is 14.0. The Morgan fingerprint density at radius 1 is 0.931 bits per heavy atom. The van der Waals surface area contributed by atoms with Gasteiger partial charge in [0.1, 0.15) is 11.4 Å². The van der Waals surface area contributed by atoms with Gasteiger partial charge in [0.25, 0.3) is 5.91 Å². The largest absolute Gasteiger partial charge is 0.497 e. The predicted octanol–water partition coefficient (Wildman–Crippen LogP) is 4.20. The zero-order chi connectivity index (χ0) is 20.5. The van der Waals surface area contributed by atoms with Crippen molar-refractivity contribution in [2.75, 3.05) is 12.0 Å². The quantitative estimate of drug-likeness (QED) is 0.539. The van der Waals surface area contributed by atoms with Crippen molar-refractivity contribution in [3.8, 4) is 11.4 Å². The van der Waals surface area contributed by atoms with Crippen LogP contribution in [0.15, 0.2) is 66.4 Å². The molecular formula is C23H21N3O3. The van der Waals surface area contributed by atoms with E-state index in [4.69, 9.17) is 4.74 Å². The maximum atomic E-state index is 12.8. The van der Waals surface area contributed by atoms with Gasteiger partial charge in [0, 0.05) is 17.1 Å². The molecule has 1 saturated heterocycles. The van der Waals surface area contributed by atoms with E-state index >= 15 is 0 Å². The normalized spacial score (nSPS) is 15.1. The average Bonchev–Trinajstić information content (AvgIpc) is 3.17. The van der Waals surface area contributed by atoms with Crippen LogP contribution in [0.25, 0.3) is 11.8 Å². The third kappa shape index (κ3) is 3.29. The Kier molecular flexibility index (Phi) is 4.68. The Balaban J connectivity index is 1.68. The van der Waals surface area contributed by atoms with Gasteiger partial charge in [-0.05, 0) is 68.0 Å². The summed E-state index contributed by atoms with van der Waals surface area (Å²) in [5, 5.41) is 2.68. The molecule has 6 heteroatoms. The number of nitrogens with zero attached hydrogens (tertiary/aromatic N) is 2. The molecular weight excluding hydrogens is 366 g/mol. The summed E-state index contributed by atoms with van der Waals surface area (Å²) in [5.74, 6) is 0.425. The summed E-state index contributed by atoms with van der Waals surface area (Å²) in [6.07, 6.45) is 1.73. The molecule has 1 N–H and O–H groups in total. The van der Waals surface area contributed by atoms with E-state index in [9.17, 15) is 9.59 Å². The fraction of sp³-hybridized carbons (Fsp3) is 0.130. The maximum absolute atomic E-state index is 12.8. The van der Waals surface area contributed by atoms with E-state index in [0.717, 1.165) is 33.3 Å². The lowest BCUT2D eigenvalue weighted by Crippen LogP contribution is -2.30. The fourth-order valence-corrected chi connectivity index (χ4v) is 3.56. The molecule has 3 aromatic rings. The summed E-state index contributed by atoms with van der Waals surface area (Å²) >= 11 is 0. The minimum absolute atomic E-state index is 0.258. The van der Waals surface area contributed by atoms with Crippen LogP contribution in [-0.2, 0) is 4.79 Å². The van der Waals surface area contributed by atoms with Gasteiger partial charge in [0.05, 0.1) is 12.8 Å². The Labute approximate surface area is 169 Å². The highest BCUT2D eigenvalue weighted by Crippen LogP contribution is 2.26. The standard InChI is InChI=1S/C23H21N3O3/c1-15-13-17(16(2)25(15)19-9-11-20(29-3)12-10-19)14-21-22(27)26(23(28)24-21)18-7-5-4-6-8-18/h4-14H,1-3H3,(H,24,28)/b21-14+. The van der Waals surface area contributed by atoms with Crippen LogP contribution in [-0.4, -0.2) is 23.6 Å². The molecule has 0 spiro atoms. The highest BCUT2D eigenvalue weighted by molar-refractivity contribution is 6.28. The molecule has 29 heavy (non-hydrogen) atoms. The fourth-order valence-electron chi connectivity index (χ4n) is 3.56. The Hall–Kier alpha value is -3.80. The van der Waals surface area contributed by atoms with Crippen molar-refractivity contribution in [2.45, 2.75) is 13.8 Å². The van der Waals surface area contributed by atoms with Gasteiger partial charge in [-0.3, -0.25) is 4.79 Å². The van der Waals surface area contributed by atoms with Crippen LogP contribution in [0.1, 0.15) is 17.0 Å². The molecule has 1 aromatic heterocycles. The van der Waals surface area contributed by atoms with Gasteiger partial charge in [-0.25, -0.2) is 9.69 Å². The van der Waals surface area contributed by atoms with Gasteiger partial charge in [-0.15, -0.1) is 0 Å². The van der Waals surface area contributed by atoms with E-state index in [2.05, 4.69) is 9.88 Å². The number of rotatable bonds is 4. The van der Waals surface area contributed by atoms with Gasteiger partial charge in [0.15, 0.2) is 0 Å². The van der Waals surface area contributed by atoms with Crippen LogP contribution in [0, 0.1) is 13.8 Å². The predicted molar refractivity (Wildman–Crippen MR) is 112 cm³/mol. The number of nitrogens with one attached hydrogen (secondary N) is 1. The molecule has 4 rings (SSSR count). The van der Waals surface area contributed by atoms with E-state index in [1.807, 2.05) is 50.2 Å². The van der Waals surface area contributed by atoms with Crippen LogP contribution < -0.4 is 15.0 Å². The molecule has 6 nitrogen and oxygen atoms in total. The smallest absolute Gasteiger partial charge is 0.333 e. The SMILES string of the molecule is COc1ccc(-n2c(C)cc(/C=C3/NC(=O)N(c4ccccc4)C3=O)c2C)cc1. The van der Waals surface area contributed by atoms with Crippen LogP contribution >= 0.6 is 0 Å². The molecule has 0 unspecified atom stereocenters. The third-order valence-electron chi connectivity index (χ3n) is 4.99. The number of imide groups is 1. The molecule has 0 radical (unpaired) electrons. The summed E-state index contributed by atoms with van der Waals surface area (Å²) in [5.41, 5.74) is 4.67. The number of carbonyl (C=O) groups is 2. The summed E-state index contributed by atoms with van der Waals surface area (Å²) < 4.78 is 7.33. The molecule has 3 amide bonds. The molecule has 1 fully saturated rings. The first-order valence-electron chi connectivity index (χ1n) is 9.25. The molecule has 0 atom stereocenters. The number of ether oxygens (including phenoxy) is 1. The lowest BCUT2D eigenvalue weighted by atomic mass is 10.2. The highest BCUT2D eigenvalue weighted by Gasteiger charge is 2.34. The first-order valence-corrected chi connectivity index (χ1v) is 9.25. The number of urea groups is 1. The molecule has 1 aliphatic rings. The van der Waals surface area contributed by atoms with Crippen molar-refractivity contribution in [1.29, 1.82) is 0 Å². The zero-order valence-corrected chi connectivity index (χ0v) is 16.5. The van der Waals surface area contributed by atoms with Crippen molar-refractivity contribution >= 4 is 23.7 Å². The number of benzene rings is 2. The van der Waals surface area contributed by atoms with Gasteiger partial charge in [-0.2, -0.15) is 0 Å². The van der Waals surface area contributed by atoms with Crippen molar-refractivity contribution in [3.63, 3.8) is 0 Å². The van der Waals surface area contributed by atoms with Crippen LogP contribution in [0.5, 0.6) is 5.75 Å². The van der Waals surface area contributed by atoms with Gasteiger partial charge in [0.2, 0.25) is 0 Å². The number of aryl methyl sites for hydroxylation is 1. The molecule has 0 aliphatic carbocycles. The highest BCUT2D eigenvalue weighted by atomic mass is 16.5. The van der Waals surface area contributed by atoms with E-state index in [1.54, 1.807) is 37.5 Å². The second-order valence-electron chi connectivity index (χ2n) is 6.82. The molecule has 2 heterocycles. The van der Waals surface area contributed by atoms with Gasteiger partial charge in [-0.1, -0.05) is 18.2 Å². The number of carbonyl (C=O) groups excluding carboxylic acids is 2. The number of anilines is 1. The second-order valence-corrected chi connectivity index (χ2v) is 6.82. The van der Waals surface area contributed by atoms with E-state index in [1.165, 1.54) is 0 Å². The summed E-state index contributed by atoms with van der Waals surface area (Å²) in [6.45, 7) is 3.99. The number of para-hydroxylation sites is 1. The lowest BCUT2D eigenvalue weighted by molar-refractivity contribution is -0.113. The maximum Gasteiger partial charge on any atom is 0.333 e. The molecule has 146 valence electrons. The van der Waals surface area contributed by atoms with Crippen molar-refractivity contribution in [2.24, 2.45) is 0 Å². The number of hydrogen-bond donors (Lipinski definition) is 1. The van der Waals surface area contributed by atoms with Crippen LogP contribution in [0.2, 0.25) is 0 Å². The van der Waals surface area contributed by atoms with E-state index < -0.39 is 6.03 Å². The van der Waals surface area contributed by atoms with Crippen LogP contribution in [0.3, 0.4) is 0 Å². The number of hydrogen-bond acceptors (Lipinski definition) is 3. The third-order valence-corrected chi connectivity index (χ3v) is 4.99. The number of amides is 3. The van der Waals surface area contributed by atoms with Crippen molar-refractivity contribution < 1.29 is 14.3 Å². The molecule has 0 bridgehead atoms. The topological polar surface area (TPSA) is 63.6 Å². The number of methoxy groups -OCH3 is 1. The summed E-state index contributed by atoms with van der Waals surface area (Å²) in [4.78, 5) is 26.3. The minimum Gasteiger partial charge on any atom is -0.497 e. The van der Waals surface area contributed by atoms with Crippen molar-refractivity contribution in [1.82, 2.24) is 9.88 Å². The van der Waals surface area contributed by atoms with Gasteiger partial charge < -0.3 is 14.6 Å². The molecule has 0 saturated carbocycles. The first kappa shape index (κ1) is 18.6. The summed E-state index contributed by atoms with van der Waals surface area (Å²) in [7, 11) is 1.64. The monoisotopic (exact) mass is 387 g/mol. The summed E-state index contributed by atoms with van der Waals surface area (Å²) in [6, 6.07) is 18.2. The zero-order valence-electron chi connectivity index (χ0n) is 16.5. The Bertz CT molecular complexity index is 1110. The van der Waals surface area contributed by atoms with Crippen LogP contribution in [0.4, 0.5) is 10.5 Å². The molecule has 1 aliphatic heterocycles. The van der Waals surface area contributed by atoms with E-state index in [-0.39, 0.29) is 11.6 Å². The Morgan fingerprint density at radius 3 is 2.28 bits per heavy atom. The molecule has 2 aromatic carbocycles. The van der Waals surface area contributed by atoms with E-state index in [0.29, 0.717) is 5.69 Å².